The van der Waals surface area contributed by atoms with Crippen molar-refractivity contribution in [1.29, 1.82) is 0 Å². The maximum Gasteiger partial charge on any atom is 0.245 e. The lowest BCUT2D eigenvalue weighted by Crippen LogP contribution is -2.43. The minimum absolute atomic E-state index is 0.128. The lowest BCUT2D eigenvalue weighted by Gasteiger charge is -2.28. The van der Waals surface area contributed by atoms with E-state index in [9.17, 15) is 18.4 Å². The molecule has 0 spiro atoms. The van der Waals surface area contributed by atoms with Gasteiger partial charge in [-0.2, -0.15) is 4.98 Å². The van der Waals surface area contributed by atoms with Crippen molar-refractivity contribution in [3.63, 3.8) is 0 Å². The monoisotopic (exact) mass is 590 g/mol. The number of fused-ring (bicyclic) bond motifs is 1. The highest BCUT2D eigenvalue weighted by Crippen LogP contribution is 2.28. The lowest BCUT2D eigenvalue weighted by molar-refractivity contribution is -0.125. The van der Waals surface area contributed by atoms with E-state index in [1.165, 1.54) is 0 Å². The Balaban J connectivity index is 1.28. The molecular weight excluding hydrogens is 558 g/mol. The van der Waals surface area contributed by atoms with Gasteiger partial charge in [0.2, 0.25) is 24.2 Å². The zero-order valence-corrected chi connectivity index (χ0v) is 23.4. The number of amides is 2. The van der Waals surface area contributed by atoms with Crippen molar-refractivity contribution >= 4 is 34.4 Å². The number of alkyl halides is 2. The number of carbonyl (C=O) groups excluding carboxylic acids is 2. The molecule has 2 saturated heterocycles. The Labute approximate surface area is 246 Å². The Morgan fingerprint density at radius 2 is 1.84 bits per heavy atom. The van der Waals surface area contributed by atoms with Crippen LogP contribution in [0.25, 0.3) is 28.2 Å². The Morgan fingerprint density at radius 1 is 1.05 bits per heavy atom. The van der Waals surface area contributed by atoms with Gasteiger partial charge in [-0.1, -0.05) is 24.3 Å². The van der Waals surface area contributed by atoms with Gasteiger partial charge in [0.25, 0.3) is 0 Å². The van der Waals surface area contributed by atoms with Gasteiger partial charge in [-0.3, -0.25) is 14.2 Å². The highest BCUT2D eigenvalue weighted by atomic mass is 19.3. The van der Waals surface area contributed by atoms with Gasteiger partial charge in [0.15, 0.2) is 0 Å². The molecule has 2 aliphatic heterocycles. The van der Waals surface area contributed by atoms with Gasteiger partial charge in [0.1, 0.15) is 11.6 Å². The average molecular weight is 591 g/mol. The maximum absolute atomic E-state index is 13.6. The molecule has 4 aromatic rings. The van der Waals surface area contributed by atoms with Crippen molar-refractivity contribution in [3.05, 3.63) is 60.4 Å². The fraction of sp³-hybridized carbons (Fsp3) is 0.367. The topological polar surface area (TPSA) is 126 Å². The molecule has 43 heavy (non-hydrogen) atoms. The largest absolute Gasteiger partial charge is 0.378 e. The molecule has 0 aliphatic carbocycles. The smallest absolute Gasteiger partial charge is 0.245 e. The normalized spacial score (nSPS) is 17.0. The van der Waals surface area contributed by atoms with Crippen molar-refractivity contribution in [2.24, 2.45) is 0 Å². The summed E-state index contributed by atoms with van der Waals surface area (Å²) in [6.45, 7) is 3.02. The van der Waals surface area contributed by atoms with Crippen LogP contribution in [-0.4, -0.2) is 83.2 Å². The third kappa shape index (κ3) is 6.62. The van der Waals surface area contributed by atoms with E-state index in [1.807, 2.05) is 36.4 Å². The van der Waals surface area contributed by atoms with Crippen molar-refractivity contribution in [1.82, 2.24) is 30.2 Å². The average Bonchev–Trinajstić information content (AvgIpc) is 3.69. The molecule has 3 N–H and O–H groups in total. The molecule has 13 heteroatoms. The first-order chi connectivity index (χ1) is 20.9. The molecule has 0 radical (unpaired) electrons. The molecule has 1 atom stereocenters. The number of nitrogens with one attached hydrogen (secondary N) is 3. The van der Waals surface area contributed by atoms with E-state index in [4.69, 9.17) is 14.7 Å². The summed E-state index contributed by atoms with van der Waals surface area (Å²) in [4.78, 5) is 40.8. The van der Waals surface area contributed by atoms with Gasteiger partial charge in [0, 0.05) is 30.4 Å². The van der Waals surface area contributed by atoms with Gasteiger partial charge in [-0.15, -0.1) is 0 Å². The van der Waals surface area contributed by atoms with Crippen molar-refractivity contribution in [3.8, 4) is 17.2 Å². The number of aromatic nitrogens is 4. The van der Waals surface area contributed by atoms with Crippen LogP contribution in [0.3, 0.4) is 0 Å². The molecule has 0 saturated carbocycles. The molecule has 6 rings (SSSR count). The van der Waals surface area contributed by atoms with Gasteiger partial charge in [0.05, 0.1) is 48.9 Å². The number of ether oxygens (including phenoxy) is 1. The number of morpholine rings is 1. The minimum Gasteiger partial charge on any atom is -0.378 e. The van der Waals surface area contributed by atoms with Crippen LogP contribution in [0, 0.1) is 0 Å². The van der Waals surface area contributed by atoms with E-state index in [-0.39, 0.29) is 36.2 Å². The third-order valence-electron chi connectivity index (χ3n) is 7.47. The van der Waals surface area contributed by atoms with E-state index in [2.05, 4.69) is 25.8 Å². The molecule has 2 aliphatic rings. The molecular formula is C30H32F2N8O3. The van der Waals surface area contributed by atoms with E-state index >= 15 is 0 Å². The fourth-order valence-electron chi connectivity index (χ4n) is 5.33. The second-order valence-electron chi connectivity index (χ2n) is 10.5. The fourth-order valence-corrected chi connectivity index (χ4v) is 5.33. The summed E-state index contributed by atoms with van der Waals surface area (Å²) < 4.78 is 34.3. The number of carbonyl (C=O) groups is 2. The maximum atomic E-state index is 13.6. The van der Waals surface area contributed by atoms with E-state index in [0.717, 1.165) is 24.9 Å². The molecule has 2 aromatic heterocycles. The quantitative estimate of drug-likeness (QED) is 0.272. The summed E-state index contributed by atoms with van der Waals surface area (Å²) in [6.07, 6.45) is -1.43. The first-order valence-electron chi connectivity index (χ1n) is 14.3. The van der Waals surface area contributed by atoms with Gasteiger partial charge >= 0.3 is 0 Å². The number of nitrogens with zero attached hydrogens (tertiary/aromatic N) is 5. The van der Waals surface area contributed by atoms with Crippen LogP contribution in [-0.2, 0) is 20.7 Å². The van der Waals surface area contributed by atoms with Crippen LogP contribution in [0.1, 0.15) is 18.7 Å². The summed E-state index contributed by atoms with van der Waals surface area (Å²) in [7, 11) is 0. The molecule has 4 heterocycles. The second-order valence-corrected chi connectivity index (χ2v) is 10.5. The Hall–Kier alpha value is -4.49. The Bertz CT molecular complexity index is 1600. The molecule has 2 amide bonds. The number of halogens is 2. The van der Waals surface area contributed by atoms with E-state index < -0.39 is 12.8 Å². The highest BCUT2D eigenvalue weighted by Gasteiger charge is 2.23. The molecule has 0 unspecified atom stereocenters. The number of hydrogen-bond acceptors (Lipinski definition) is 8. The first-order valence-corrected chi connectivity index (χ1v) is 14.3. The van der Waals surface area contributed by atoms with Crippen LogP contribution in [0.15, 0.2) is 54.6 Å². The van der Waals surface area contributed by atoms with Gasteiger partial charge in [-0.25, -0.2) is 18.7 Å². The summed E-state index contributed by atoms with van der Waals surface area (Å²) in [6, 6.07) is 16.0. The Morgan fingerprint density at radius 3 is 2.58 bits per heavy atom. The van der Waals surface area contributed by atoms with Crippen LogP contribution in [0.5, 0.6) is 0 Å². The standard InChI is InChI=1S/C30H32F2N8O3/c31-25(32)17-27-36-21-4-1-2-6-24(21)40(27)30-37-23(16-26(38-30)39-12-14-43-15-13-39)19-7-9-20(10-8-19)35-28(41)18-34-29(42)22-5-3-11-33-22/h1-2,4,6-10,16,22,25,33H,3,5,11-15,17-18H2,(H,34,42)(H,35,41)/t22-/m0/s1. The predicted molar refractivity (Wildman–Crippen MR) is 158 cm³/mol. The van der Waals surface area contributed by atoms with Crippen LogP contribution >= 0.6 is 0 Å². The van der Waals surface area contributed by atoms with Crippen molar-refractivity contribution in [2.45, 2.75) is 31.7 Å². The SMILES string of the molecule is O=C(CNC(=O)[C@@H]1CCCN1)Nc1ccc(-c2cc(N3CCOCC3)nc(-n3c(CC(F)F)nc4ccccc43)n2)cc1. The molecule has 224 valence electrons. The zero-order valence-electron chi connectivity index (χ0n) is 23.4. The lowest BCUT2D eigenvalue weighted by atomic mass is 10.1. The van der Waals surface area contributed by atoms with Crippen LogP contribution < -0.4 is 20.9 Å². The first kappa shape index (κ1) is 28.6. The van der Waals surface area contributed by atoms with Crippen LogP contribution in [0.2, 0.25) is 0 Å². The van der Waals surface area contributed by atoms with Gasteiger partial charge in [-0.05, 0) is 43.7 Å². The molecule has 0 bridgehead atoms. The number of rotatable bonds is 9. The zero-order chi connectivity index (χ0) is 29.8. The van der Waals surface area contributed by atoms with Gasteiger partial charge < -0.3 is 25.6 Å². The predicted octanol–water partition coefficient (Wildman–Crippen LogP) is 2.93. The molecule has 2 aromatic carbocycles. The van der Waals surface area contributed by atoms with Crippen LogP contribution in [0.4, 0.5) is 20.3 Å². The van der Waals surface area contributed by atoms with Crippen molar-refractivity contribution < 1.29 is 23.1 Å². The highest BCUT2D eigenvalue weighted by molar-refractivity contribution is 5.95. The number of para-hydroxylation sites is 2. The number of imidazole rings is 1. The summed E-state index contributed by atoms with van der Waals surface area (Å²) in [5, 5.41) is 8.57. The van der Waals surface area contributed by atoms with E-state index in [1.54, 1.807) is 22.8 Å². The summed E-state index contributed by atoms with van der Waals surface area (Å²) in [5.74, 6) is 0.551. The van der Waals surface area contributed by atoms with E-state index in [0.29, 0.717) is 54.5 Å². The second kappa shape index (κ2) is 12.8. The number of benzene rings is 2. The molecule has 2 fully saturated rings. The number of anilines is 2. The number of hydrogen-bond donors (Lipinski definition) is 3. The minimum atomic E-state index is -2.59. The van der Waals surface area contributed by atoms with Crippen molar-refractivity contribution in [2.75, 3.05) is 49.6 Å². The third-order valence-corrected chi connectivity index (χ3v) is 7.47. The molecule has 11 nitrogen and oxygen atoms in total. The Kier molecular flexibility index (Phi) is 8.52. The summed E-state index contributed by atoms with van der Waals surface area (Å²) in [5.41, 5.74) is 3.11. The summed E-state index contributed by atoms with van der Waals surface area (Å²) >= 11 is 0.